The van der Waals surface area contributed by atoms with E-state index in [1.54, 1.807) is 4.68 Å². The maximum atomic E-state index is 13.5. The van der Waals surface area contributed by atoms with Crippen molar-refractivity contribution in [1.82, 2.24) is 20.3 Å². The number of amides is 1. The number of carbonyl (C=O) groups excluding carboxylic acids is 1. The molecule has 1 saturated heterocycles. The Balaban J connectivity index is 1.20. The van der Waals surface area contributed by atoms with E-state index < -0.39 is 49.0 Å². The summed E-state index contributed by atoms with van der Waals surface area (Å²) in [6.07, 6.45) is 35.2. The average molecular weight is 1060 g/mol. The first-order valence-corrected chi connectivity index (χ1v) is 31.3. The number of ether oxygens (including phenoxy) is 2. The Labute approximate surface area is 460 Å². The molecule has 6 N–H and O–H groups in total. The van der Waals surface area contributed by atoms with Crippen LogP contribution in [0.25, 0.3) is 22.5 Å². The van der Waals surface area contributed by atoms with Crippen LogP contribution in [0, 0.1) is 0 Å². The second-order valence-electron chi connectivity index (χ2n) is 22.5. The molecule has 0 spiro atoms. The highest BCUT2D eigenvalue weighted by atomic mass is 16.7. The van der Waals surface area contributed by atoms with Crippen molar-refractivity contribution in [1.29, 1.82) is 0 Å². The Hall–Kier alpha value is -3.23. The van der Waals surface area contributed by atoms with Gasteiger partial charge < -0.3 is 40.3 Å². The number of aliphatic hydroxyl groups is 5. The Bertz CT molecular complexity index is 1840. The van der Waals surface area contributed by atoms with Crippen LogP contribution in [0.3, 0.4) is 0 Å². The lowest BCUT2D eigenvalue weighted by Gasteiger charge is -2.41. The van der Waals surface area contributed by atoms with Gasteiger partial charge in [0.25, 0.3) is 0 Å². The van der Waals surface area contributed by atoms with Gasteiger partial charge >= 0.3 is 0 Å². The molecule has 0 radical (unpaired) electrons. The van der Waals surface area contributed by atoms with Crippen LogP contribution in [0.2, 0.25) is 0 Å². The molecule has 0 saturated carbocycles. The molecule has 0 unspecified atom stereocenters. The number of carbonyl (C=O) groups is 1. The number of hydrogen-bond acceptors (Lipinski definition) is 10. The Morgan fingerprint density at radius 2 is 0.961 bits per heavy atom. The summed E-state index contributed by atoms with van der Waals surface area (Å²) >= 11 is 0. The fraction of sp³-hybridized carbons (Fsp3) is 0.766. The number of nitrogens with zero attached hydrogens (tertiary/aromatic N) is 3. The van der Waals surface area contributed by atoms with Gasteiger partial charge in [-0.1, -0.05) is 298 Å². The predicted molar refractivity (Wildman–Crippen MR) is 310 cm³/mol. The van der Waals surface area contributed by atoms with Gasteiger partial charge in [-0.05, 0) is 12.8 Å². The van der Waals surface area contributed by atoms with Crippen molar-refractivity contribution in [2.24, 2.45) is 0 Å². The molecule has 0 bridgehead atoms. The van der Waals surface area contributed by atoms with Crippen molar-refractivity contribution in [3.8, 4) is 22.5 Å². The van der Waals surface area contributed by atoms with Crippen LogP contribution < -0.4 is 5.32 Å². The maximum absolute atomic E-state index is 13.5. The van der Waals surface area contributed by atoms with Crippen molar-refractivity contribution in [2.45, 2.75) is 307 Å². The first-order chi connectivity index (χ1) is 37.2. The first kappa shape index (κ1) is 65.3. The fourth-order valence-electron chi connectivity index (χ4n) is 10.9. The highest BCUT2D eigenvalue weighted by Gasteiger charge is 2.45. The van der Waals surface area contributed by atoms with E-state index in [9.17, 15) is 30.3 Å². The molecule has 1 aliphatic heterocycles. The monoisotopic (exact) mass is 1060 g/mol. The fourth-order valence-corrected chi connectivity index (χ4v) is 10.9. The second kappa shape index (κ2) is 41.8. The quantitative estimate of drug-likeness (QED) is 0.0298. The number of aliphatic hydroxyl groups excluding tert-OH is 5. The molecule has 12 nitrogen and oxygen atoms in total. The molecule has 1 aromatic heterocycles. The molecule has 1 aliphatic rings. The average Bonchev–Trinajstić information content (AvgIpc) is 3.86. The van der Waals surface area contributed by atoms with E-state index in [0.717, 1.165) is 56.1 Å². The minimum absolute atomic E-state index is 0.0328. The lowest BCUT2D eigenvalue weighted by atomic mass is 9.98. The van der Waals surface area contributed by atoms with Gasteiger partial charge in [-0.25, -0.2) is 4.68 Å². The molecule has 0 aliphatic carbocycles. The summed E-state index contributed by atoms with van der Waals surface area (Å²) in [4.78, 5) is 13.5. The number of nitrogens with one attached hydrogen (secondary N) is 1. The molecular formula is C64H108N4O8. The minimum atomic E-state index is -1.64. The Kier molecular flexibility index (Phi) is 35.9. The SMILES string of the molecule is CCCCCCCCCCCCCCCCCCCCCCCCCC(=O)N[C@@H](CO[C@H]1O[C@H](Cn2nnc(-c3ccccc3)c2-c2ccccc2)[C@H](O)[C@H](O)[C@H]1O)[C@H](O)[C@H](O)CCCCCCCCCCCCCC. The number of unbranched alkanes of at least 4 members (excludes halogenated alkanes) is 33. The largest absolute Gasteiger partial charge is 0.390 e. The predicted octanol–water partition coefficient (Wildman–Crippen LogP) is 14.1. The second-order valence-corrected chi connectivity index (χ2v) is 22.5. The summed E-state index contributed by atoms with van der Waals surface area (Å²) in [6, 6.07) is 18.3. The summed E-state index contributed by atoms with van der Waals surface area (Å²) in [5.41, 5.74) is 3.02. The molecule has 1 amide bonds. The third-order valence-corrected chi connectivity index (χ3v) is 15.8. The zero-order valence-electron chi connectivity index (χ0n) is 47.8. The Morgan fingerprint density at radius 1 is 0.553 bits per heavy atom. The number of aromatic nitrogens is 3. The highest BCUT2D eigenvalue weighted by Crippen LogP contribution is 2.32. The maximum Gasteiger partial charge on any atom is 0.220 e. The van der Waals surface area contributed by atoms with E-state index in [2.05, 4.69) is 29.5 Å². The zero-order valence-corrected chi connectivity index (χ0v) is 47.8. The third kappa shape index (κ3) is 26.6. The van der Waals surface area contributed by atoms with Crippen LogP contribution in [-0.4, -0.2) is 102 Å². The van der Waals surface area contributed by atoms with Gasteiger partial charge in [-0.3, -0.25) is 4.79 Å². The van der Waals surface area contributed by atoms with Crippen LogP contribution >= 0.6 is 0 Å². The zero-order chi connectivity index (χ0) is 54.3. The molecule has 432 valence electrons. The summed E-state index contributed by atoms with van der Waals surface area (Å²) in [6.45, 7) is 4.19. The highest BCUT2D eigenvalue weighted by molar-refractivity contribution is 5.78. The van der Waals surface area contributed by atoms with Gasteiger partial charge in [0.2, 0.25) is 5.91 Å². The summed E-state index contributed by atoms with van der Waals surface area (Å²) in [5, 5.41) is 68.2. The van der Waals surface area contributed by atoms with Crippen LogP contribution in [0.5, 0.6) is 0 Å². The van der Waals surface area contributed by atoms with Crippen molar-refractivity contribution >= 4 is 5.91 Å². The van der Waals surface area contributed by atoms with E-state index in [0.29, 0.717) is 24.2 Å². The van der Waals surface area contributed by atoms with Gasteiger partial charge in [-0.15, -0.1) is 5.10 Å². The summed E-state index contributed by atoms with van der Waals surface area (Å²) in [5.74, 6) is -0.249. The molecular weight excluding hydrogens is 953 g/mol. The van der Waals surface area contributed by atoms with Crippen LogP contribution in [0.15, 0.2) is 60.7 Å². The van der Waals surface area contributed by atoms with E-state index in [1.165, 1.54) is 173 Å². The van der Waals surface area contributed by atoms with Crippen molar-refractivity contribution in [3.05, 3.63) is 60.7 Å². The van der Waals surface area contributed by atoms with Gasteiger partial charge in [-0.2, -0.15) is 0 Å². The number of benzene rings is 2. The first-order valence-electron chi connectivity index (χ1n) is 31.3. The third-order valence-electron chi connectivity index (χ3n) is 15.8. The van der Waals surface area contributed by atoms with E-state index >= 15 is 0 Å². The minimum Gasteiger partial charge on any atom is -0.390 e. The normalized spacial score (nSPS) is 19.0. The summed E-state index contributed by atoms with van der Waals surface area (Å²) in [7, 11) is 0. The molecule has 12 heteroatoms. The lowest BCUT2D eigenvalue weighted by molar-refractivity contribution is -0.301. The molecule has 2 heterocycles. The van der Waals surface area contributed by atoms with Gasteiger partial charge in [0.15, 0.2) is 6.29 Å². The van der Waals surface area contributed by atoms with Crippen molar-refractivity contribution < 1.29 is 39.8 Å². The van der Waals surface area contributed by atoms with E-state index in [-0.39, 0.29) is 25.5 Å². The molecule has 2 aromatic carbocycles. The van der Waals surface area contributed by atoms with Gasteiger partial charge in [0.05, 0.1) is 31.0 Å². The lowest BCUT2D eigenvalue weighted by Crippen LogP contribution is -2.60. The smallest absolute Gasteiger partial charge is 0.220 e. The number of hydrogen-bond donors (Lipinski definition) is 6. The van der Waals surface area contributed by atoms with Gasteiger partial charge in [0, 0.05) is 17.5 Å². The van der Waals surface area contributed by atoms with E-state index in [4.69, 9.17) is 9.47 Å². The van der Waals surface area contributed by atoms with Gasteiger partial charge in [0.1, 0.15) is 36.2 Å². The molecule has 1 fully saturated rings. The standard InChI is InChI=1S/C64H108N4O8/c1-3-5-7-9-11-13-15-17-18-19-20-21-22-23-24-25-26-27-29-31-33-35-43-49-57(70)65-54(60(71)55(69)48-42-34-32-30-28-16-14-12-10-8-6-4-2)51-75-64-63(74)62(73)61(72)56(76-64)50-68-59(53-46-40-37-41-47-53)58(66-67-68)52-44-38-36-39-45-52/h36-41,44-47,54-56,60-64,69,71-74H,3-35,42-43,48-51H2,1-2H3,(H,65,70)/t54-,55+,56+,60-,61-,62-,63+,64-/m0/s1. The number of rotatable bonds is 47. The molecule has 76 heavy (non-hydrogen) atoms. The van der Waals surface area contributed by atoms with Crippen LogP contribution in [0.1, 0.15) is 251 Å². The van der Waals surface area contributed by atoms with Crippen molar-refractivity contribution in [3.63, 3.8) is 0 Å². The van der Waals surface area contributed by atoms with Crippen LogP contribution in [-0.2, 0) is 20.8 Å². The molecule has 4 rings (SSSR count). The topological polar surface area (TPSA) is 179 Å². The van der Waals surface area contributed by atoms with Crippen molar-refractivity contribution in [2.75, 3.05) is 6.61 Å². The summed E-state index contributed by atoms with van der Waals surface area (Å²) < 4.78 is 13.9. The van der Waals surface area contributed by atoms with Crippen LogP contribution in [0.4, 0.5) is 0 Å². The van der Waals surface area contributed by atoms with E-state index in [1.807, 2.05) is 60.7 Å². The Morgan fingerprint density at radius 3 is 1.41 bits per heavy atom. The molecule has 3 aromatic rings. The molecule has 8 atom stereocenters.